The molecule has 3 heterocycles. The summed E-state index contributed by atoms with van der Waals surface area (Å²) in [6.07, 6.45) is 5.45. The largest absolute Gasteiger partial charge is 0.360 e. The number of hydrogen-bond acceptors (Lipinski definition) is 6. The zero-order valence-corrected chi connectivity index (χ0v) is 15.6. The maximum absolute atomic E-state index is 12.0. The van der Waals surface area contributed by atoms with E-state index >= 15 is 0 Å². The first-order valence-electron chi connectivity index (χ1n) is 9.21. The van der Waals surface area contributed by atoms with Crippen molar-refractivity contribution in [1.29, 1.82) is 0 Å². The van der Waals surface area contributed by atoms with Gasteiger partial charge in [-0.25, -0.2) is 0 Å². The van der Waals surface area contributed by atoms with E-state index < -0.39 is 0 Å². The average molecular weight is 356 g/mol. The van der Waals surface area contributed by atoms with Crippen LogP contribution in [-0.2, 0) is 17.6 Å². The van der Waals surface area contributed by atoms with E-state index in [1.807, 2.05) is 19.9 Å². The van der Waals surface area contributed by atoms with Crippen LogP contribution in [0.3, 0.4) is 0 Å². The molecule has 2 aliphatic rings. The molecule has 0 spiro atoms. The minimum Gasteiger partial charge on any atom is -0.360 e. The van der Waals surface area contributed by atoms with E-state index in [0.29, 0.717) is 23.8 Å². The minimum absolute atomic E-state index is 0.0202. The number of amides is 1. The average Bonchev–Trinajstić information content (AvgIpc) is 3.20. The van der Waals surface area contributed by atoms with Crippen molar-refractivity contribution in [2.45, 2.75) is 65.3 Å². The van der Waals surface area contributed by atoms with Crippen LogP contribution in [0.1, 0.15) is 63.6 Å². The minimum atomic E-state index is -0.109. The monoisotopic (exact) mass is 356 g/mol. The van der Waals surface area contributed by atoms with E-state index in [1.54, 1.807) is 0 Å². The Morgan fingerprint density at radius 3 is 2.88 bits per heavy atom. The van der Waals surface area contributed by atoms with Gasteiger partial charge in [0.05, 0.1) is 5.92 Å². The van der Waals surface area contributed by atoms with Crippen LogP contribution in [-0.4, -0.2) is 27.2 Å². The van der Waals surface area contributed by atoms with Crippen LogP contribution in [0.25, 0.3) is 11.6 Å². The Labute approximate surface area is 152 Å². The summed E-state index contributed by atoms with van der Waals surface area (Å²) in [5.41, 5.74) is 2.71. The molecule has 138 valence electrons. The zero-order chi connectivity index (χ0) is 18.5. The molecule has 4 rings (SSSR count). The highest BCUT2D eigenvalue weighted by Gasteiger charge is 2.34. The summed E-state index contributed by atoms with van der Waals surface area (Å²) in [5, 5.41) is 11.3. The Morgan fingerprint density at radius 1 is 1.31 bits per heavy atom. The van der Waals surface area contributed by atoms with Gasteiger partial charge >= 0.3 is 0 Å². The number of carbonyl (C=O) groups is 1. The number of hydrogen-bond donors (Lipinski definition) is 1. The van der Waals surface area contributed by atoms with Crippen molar-refractivity contribution >= 4 is 5.91 Å². The molecule has 1 aliphatic heterocycles. The van der Waals surface area contributed by atoms with E-state index in [2.05, 4.69) is 34.5 Å². The van der Waals surface area contributed by atoms with Gasteiger partial charge < -0.3 is 14.4 Å². The van der Waals surface area contributed by atoms with Crippen molar-refractivity contribution in [2.24, 2.45) is 5.41 Å². The van der Waals surface area contributed by atoms with Gasteiger partial charge in [-0.3, -0.25) is 4.79 Å². The third kappa shape index (κ3) is 2.85. The molecular formula is C19H24N4O3. The van der Waals surface area contributed by atoms with Crippen LogP contribution in [0.5, 0.6) is 0 Å². The molecule has 0 fully saturated rings. The lowest BCUT2D eigenvalue weighted by atomic mass is 9.77. The molecule has 1 aliphatic carbocycles. The summed E-state index contributed by atoms with van der Waals surface area (Å²) < 4.78 is 11.1. The van der Waals surface area contributed by atoms with E-state index in [-0.39, 0.29) is 23.3 Å². The normalized spacial score (nSPS) is 24.8. The first-order valence-corrected chi connectivity index (χ1v) is 9.21. The molecule has 0 aromatic carbocycles. The van der Waals surface area contributed by atoms with Crippen LogP contribution in [0.2, 0.25) is 0 Å². The molecule has 0 saturated heterocycles. The topological polar surface area (TPSA) is 94.1 Å². The Balaban J connectivity index is 1.65. The van der Waals surface area contributed by atoms with Gasteiger partial charge in [-0.1, -0.05) is 37.2 Å². The first-order chi connectivity index (χ1) is 12.4. The number of nitrogens with zero attached hydrogens (tertiary/aromatic N) is 3. The standard InChI is InChI=1S/C19H24N4O3/c1-5-11-8-13(10(2)20-17(11)24)16-21-18(26-23-16)15-12-6-7-19(3,4)9-14(12)25-22-15/h8,10,13H,5-7,9H2,1-4H3,(H,20,24). The molecule has 1 N–H and O–H groups in total. The summed E-state index contributed by atoms with van der Waals surface area (Å²) in [6.45, 7) is 8.38. The van der Waals surface area contributed by atoms with Crippen LogP contribution in [0.15, 0.2) is 20.7 Å². The summed E-state index contributed by atoms with van der Waals surface area (Å²) in [6, 6.07) is -0.0877. The predicted octanol–water partition coefficient (Wildman–Crippen LogP) is 3.18. The lowest BCUT2D eigenvalue weighted by Gasteiger charge is -2.27. The molecule has 2 aromatic rings. The van der Waals surface area contributed by atoms with Crippen LogP contribution in [0, 0.1) is 5.41 Å². The lowest BCUT2D eigenvalue weighted by Crippen LogP contribution is -2.41. The van der Waals surface area contributed by atoms with Gasteiger partial charge in [0, 0.05) is 23.6 Å². The van der Waals surface area contributed by atoms with Crippen LogP contribution >= 0.6 is 0 Å². The van der Waals surface area contributed by atoms with Gasteiger partial charge in [0.15, 0.2) is 11.5 Å². The smallest absolute Gasteiger partial charge is 0.280 e. The molecule has 2 unspecified atom stereocenters. The molecule has 7 nitrogen and oxygen atoms in total. The van der Waals surface area contributed by atoms with Gasteiger partial charge in [0.1, 0.15) is 5.76 Å². The number of fused-ring (bicyclic) bond motifs is 1. The maximum Gasteiger partial charge on any atom is 0.280 e. The molecule has 0 bridgehead atoms. The highest BCUT2D eigenvalue weighted by molar-refractivity contribution is 5.94. The van der Waals surface area contributed by atoms with E-state index in [9.17, 15) is 4.79 Å². The highest BCUT2D eigenvalue weighted by atomic mass is 16.5. The molecule has 2 aromatic heterocycles. The maximum atomic E-state index is 12.0. The van der Waals surface area contributed by atoms with E-state index in [4.69, 9.17) is 9.05 Å². The van der Waals surface area contributed by atoms with Gasteiger partial charge in [0.25, 0.3) is 5.89 Å². The van der Waals surface area contributed by atoms with Crippen LogP contribution in [0.4, 0.5) is 0 Å². The quantitative estimate of drug-likeness (QED) is 0.908. The Hall–Kier alpha value is -2.44. The SMILES string of the molecule is CCC1=CC(c2noc(-c3noc4c3CCC(C)(C)C4)n2)C(C)NC1=O. The number of rotatable bonds is 3. The first kappa shape index (κ1) is 17.0. The van der Waals surface area contributed by atoms with Gasteiger partial charge in [-0.05, 0) is 31.6 Å². The van der Waals surface area contributed by atoms with Crippen molar-refractivity contribution in [3.05, 3.63) is 28.8 Å². The lowest BCUT2D eigenvalue weighted by molar-refractivity contribution is -0.118. The number of nitrogens with one attached hydrogen (secondary N) is 1. The fourth-order valence-electron chi connectivity index (χ4n) is 3.76. The predicted molar refractivity (Wildman–Crippen MR) is 94.3 cm³/mol. The summed E-state index contributed by atoms with van der Waals surface area (Å²) in [7, 11) is 0. The number of carbonyl (C=O) groups excluding carboxylic acids is 1. The van der Waals surface area contributed by atoms with Crippen molar-refractivity contribution in [3.63, 3.8) is 0 Å². The number of aromatic nitrogens is 3. The molecule has 0 saturated carbocycles. The van der Waals surface area contributed by atoms with Crippen molar-refractivity contribution in [2.75, 3.05) is 0 Å². The molecule has 0 radical (unpaired) electrons. The molecule has 1 amide bonds. The second-order valence-electron chi connectivity index (χ2n) is 8.07. The van der Waals surface area contributed by atoms with Gasteiger partial charge in [0.2, 0.25) is 5.91 Å². The fourth-order valence-corrected chi connectivity index (χ4v) is 3.76. The zero-order valence-electron chi connectivity index (χ0n) is 15.6. The van der Waals surface area contributed by atoms with E-state index in [0.717, 1.165) is 36.2 Å². The second kappa shape index (κ2) is 6.07. The second-order valence-corrected chi connectivity index (χ2v) is 8.07. The van der Waals surface area contributed by atoms with Crippen molar-refractivity contribution in [3.8, 4) is 11.6 Å². The third-order valence-electron chi connectivity index (χ3n) is 5.45. The van der Waals surface area contributed by atoms with Gasteiger partial charge in [-0.15, -0.1) is 0 Å². The van der Waals surface area contributed by atoms with Gasteiger partial charge in [-0.2, -0.15) is 4.98 Å². The fraction of sp³-hybridized carbons (Fsp3) is 0.579. The van der Waals surface area contributed by atoms with E-state index in [1.165, 1.54) is 0 Å². The highest BCUT2D eigenvalue weighted by Crippen LogP contribution is 2.39. The summed E-state index contributed by atoms with van der Waals surface area (Å²) >= 11 is 0. The van der Waals surface area contributed by atoms with Crippen molar-refractivity contribution < 1.29 is 13.8 Å². The molecule has 7 heteroatoms. The Bertz CT molecular complexity index is 877. The summed E-state index contributed by atoms with van der Waals surface area (Å²) in [5.74, 6) is 1.74. The Kier molecular flexibility index (Phi) is 3.97. The van der Waals surface area contributed by atoms with Crippen LogP contribution < -0.4 is 5.32 Å². The molecular weight excluding hydrogens is 332 g/mol. The third-order valence-corrected chi connectivity index (χ3v) is 5.45. The molecule has 26 heavy (non-hydrogen) atoms. The molecule has 2 atom stereocenters. The van der Waals surface area contributed by atoms with Crippen molar-refractivity contribution in [1.82, 2.24) is 20.6 Å². The summed E-state index contributed by atoms with van der Waals surface area (Å²) in [4.78, 5) is 16.5. The Morgan fingerprint density at radius 2 is 2.12 bits per heavy atom.